The minimum atomic E-state index is -0.247. The number of halogens is 1. The molecule has 0 saturated carbocycles. The Labute approximate surface area is 103 Å². The van der Waals surface area contributed by atoms with E-state index < -0.39 is 0 Å². The molecule has 3 nitrogen and oxygen atoms in total. The molecule has 0 radical (unpaired) electrons. The third-order valence-corrected chi connectivity index (χ3v) is 3.25. The van der Waals surface area contributed by atoms with Gasteiger partial charge in [0.05, 0.1) is 11.1 Å². The molecule has 1 aromatic heterocycles. The van der Waals surface area contributed by atoms with Crippen molar-refractivity contribution in [3.05, 3.63) is 42.0 Å². The largest absolute Gasteiger partial charge is 0.440 e. The summed E-state index contributed by atoms with van der Waals surface area (Å²) in [5.74, 6) is -0.247. The van der Waals surface area contributed by atoms with E-state index in [1.807, 2.05) is 13.0 Å². The van der Waals surface area contributed by atoms with Crippen LogP contribution in [0.4, 0.5) is 4.39 Å². The molecule has 0 saturated heterocycles. The van der Waals surface area contributed by atoms with Crippen LogP contribution in [0.25, 0.3) is 0 Å². The first-order valence-corrected chi connectivity index (χ1v) is 6.18. The first-order chi connectivity index (χ1) is 8.31. The van der Waals surface area contributed by atoms with Crippen molar-refractivity contribution >= 4 is 11.8 Å². The fraction of sp³-hybridized carbons (Fsp3) is 0.250. The number of rotatable bonds is 5. The van der Waals surface area contributed by atoms with Gasteiger partial charge >= 0.3 is 0 Å². The van der Waals surface area contributed by atoms with E-state index >= 15 is 0 Å². The number of nitrogens with one attached hydrogen (secondary N) is 1. The molecule has 1 heterocycles. The lowest BCUT2D eigenvalue weighted by molar-refractivity contribution is 0.453. The molecule has 1 aromatic carbocycles. The van der Waals surface area contributed by atoms with E-state index in [9.17, 15) is 4.39 Å². The van der Waals surface area contributed by atoms with Crippen LogP contribution in [-0.2, 0) is 6.54 Å². The minimum absolute atomic E-state index is 0.247. The predicted octanol–water partition coefficient (Wildman–Crippen LogP) is 3.07. The average molecular weight is 252 g/mol. The molecule has 0 aliphatic rings. The quantitative estimate of drug-likeness (QED) is 0.887. The van der Waals surface area contributed by atoms with Gasteiger partial charge in [0.2, 0.25) is 0 Å². The van der Waals surface area contributed by atoms with E-state index in [1.165, 1.54) is 24.1 Å². The molecule has 5 heteroatoms. The first kappa shape index (κ1) is 12.1. The van der Waals surface area contributed by atoms with Crippen LogP contribution in [0.15, 0.2) is 45.2 Å². The van der Waals surface area contributed by atoms with Crippen LogP contribution in [0.1, 0.15) is 12.5 Å². The summed E-state index contributed by atoms with van der Waals surface area (Å²) in [6, 6.07) is 5.05. The zero-order valence-corrected chi connectivity index (χ0v) is 10.3. The van der Waals surface area contributed by atoms with E-state index in [1.54, 1.807) is 12.3 Å². The third kappa shape index (κ3) is 3.08. The summed E-state index contributed by atoms with van der Waals surface area (Å²) in [6.07, 6.45) is 3.03. The summed E-state index contributed by atoms with van der Waals surface area (Å²) >= 11 is 1.21. The summed E-state index contributed by atoms with van der Waals surface area (Å²) in [5, 5.41) is 3.63. The van der Waals surface area contributed by atoms with Crippen molar-refractivity contribution in [3.63, 3.8) is 0 Å². The minimum Gasteiger partial charge on any atom is -0.440 e. The maximum atomic E-state index is 13.8. The Morgan fingerprint density at radius 1 is 1.47 bits per heavy atom. The molecule has 0 fully saturated rings. The van der Waals surface area contributed by atoms with Gasteiger partial charge in [0.1, 0.15) is 12.1 Å². The van der Waals surface area contributed by atoms with Crippen LogP contribution in [0.5, 0.6) is 0 Å². The van der Waals surface area contributed by atoms with Gasteiger partial charge < -0.3 is 9.73 Å². The van der Waals surface area contributed by atoms with E-state index in [0.29, 0.717) is 16.7 Å². The van der Waals surface area contributed by atoms with Gasteiger partial charge in [0, 0.05) is 6.54 Å². The number of hydrogen-bond acceptors (Lipinski definition) is 4. The Hall–Kier alpha value is -1.33. The van der Waals surface area contributed by atoms with Crippen LogP contribution in [0.3, 0.4) is 0 Å². The Balaban J connectivity index is 2.24. The summed E-state index contributed by atoms with van der Waals surface area (Å²) < 4.78 is 18.9. The molecule has 90 valence electrons. The molecular formula is C12H13FN2OS. The van der Waals surface area contributed by atoms with E-state index in [-0.39, 0.29) is 5.82 Å². The fourth-order valence-corrected chi connectivity index (χ4v) is 2.24. The summed E-state index contributed by atoms with van der Waals surface area (Å²) in [6.45, 7) is 3.50. The molecule has 0 spiro atoms. The molecular weight excluding hydrogens is 239 g/mol. The van der Waals surface area contributed by atoms with E-state index in [4.69, 9.17) is 4.42 Å². The normalized spacial score (nSPS) is 10.7. The second-order valence-electron chi connectivity index (χ2n) is 3.41. The number of aromatic nitrogens is 1. The van der Waals surface area contributed by atoms with Gasteiger partial charge in [-0.1, -0.05) is 19.1 Å². The summed E-state index contributed by atoms with van der Waals surface area (Å²) in [7, 11) is 0. The highest BCUT2D eigenvalue weighted by molar-refractivity contribution is 7.99. The zero-order chi connectivity index (χ0) is 12.1. The van der Waals surface area contributed by atoms with Gasteiger partial charge in [-0.25, -0.2) is 9.37 Å². The smallest absolute Gasteiger partial charge is 0.260 e. The molecule has 1 N–H and O–H groups in total. The van der Waals surface area contributed by atoms with Gasteiger partial charge in [0.15, 0.2) is 0 Å². The van der Waals surface area contributed by atoms with E-state index in [2.05, 4.69) is 10.3 Å². The first-order valence-electron chi connectivity index (χ1n) is 5.36. The highest BCUT2D eigenvalue weighted by atomic mass is 32.2. The van der Waals surface area contributed by atoms with Crippen LogP contribution in [0.2, 0.25) is 0 Å². The van der Waals surface area contributed by atoms with Gasteiger partial charge in [0.25, 0.3) is 5.22 Å². The summed E-state index contributed by atoms with van der Waals surface area (Å²) in [5.41, 5.74) is 0.912. The second kappa shape index (κ2) is 5.84. The molecule has 0 aliphatic carbocycles. The van der Waals surface area contributed by atoms with Gasteiger partial charge in [-0.05, 0) is 29.9 Å². The molecule has 0 bridgehead atoms. The van der Waals surface area contributed by atoms with Crippen LogP contribution >= 0.6 is 11.8 Å². The van der Waals surface area contributed by atoms with Crippen molar-refractivity contribution in [3.8, 4) is 0 Å². The van der Waals surface area contributed by atoms with Crippen molar-refractivity contribution in [1.82, 2.24) is 10.3 Å². The molecule has 0 atom stereocenters. The highest BCUT2D eigenvalue weighted by Crippen LogP contribution is 2.31. The van der Waals surface area contributed by atoms with Gasteiger partial charge in [-0.15, -0.1) is 0 Å². The lowest BCUT2D eigenvalue weighted by Crippen LogP contribution is -2.12. The van der Waals surface area contributed by atoms with Crippen molar-refractivity contribution < 1.29 is 8.81 Å². The number of nitrogens with zero attached hydrogens (tertiary/aromatic N) is 1. The Bertz CT molecular complexity index is 473. The van der Waals surface area contributed by atoms with Gasteiger partial charge in [-0.3, -0.25) is 0 Å². The monoisotopic (exact) mass is 252 g/mol. The number of benzene rings is 1. The zero-order valence-electron chi connectivity index (χ0n) is 9.44. The molecule has 0 unspecified atom stereocenters. The Kier molecular flexibility index (Phi) is 4.17. The summed E-state index contributed by atoms with van der Waals surface area (Å²) in [4.78, 5) is 4.55. The lowest BCUT2D eigenvalue weighted by Gasteiger charge is -2.08. The van der Waals surface area contributed by atoms with E-state index in [0.717, 1.165) is 12.1 Å². The maximum absolute atomic E-state index is 13.8. The van der Waals surface area contributed by atoms with Crippen molar-refractivity contribution in [2.24, 2.45) is 0 Å². The SMILES string of the molecule is CCNCc1cccc(F)c1Sc1ncco1. The molecule has 0 amide bonds. The number of oxazole rings is 1. The molecule has 2 rings (SSSR count). The van der Waals surface area contributed by atoms with Crippen molar-refractivity contribution in [2.45, 2.75) is 23.6 Å². The molecule has 0 aliphatic heterocycles. The second-order valence-corrected chi connectivity index (χ2v) is 4.37. The lowest BCUT2D eigenvalue weighted by atomic mass is 10.2. The maximum Gasteiger partial charge on any atom is 0.260 e. The van der Waals surface area contributed by atoms with Crippen LogP contribution in [0, 0.1) is 5.82 Å². The van der Waals surface area contributed by atoms with Crippen molar-refractivity contribution in [1.29, 1.82) is 0 Å². The Morgan fingerprint density at radius 2 is 2.35 bits per heavy atom. The van der Waals surface area contributed by atoms with Crippen LogP contribution in [-0.4, -0.2) is 11.5 Å². The van der Waals surface area contributed by atoms with Crippen LogP contribution < -0.4 is 5.32 Å². The average Bonchev–Trinajstić information content (AvgIpc) is 2.83. The highest BCUT2D eigenvalue weighted by Gasteiger charge is 2.12. The van der Waals surface area contributed by atoms with Gasteiger partial charge in [-0.2, -0.15) is 0 Å². The standard InChI is InChI=1S/C12H13FN2OS/c1-2-14-8-9-4-3-5-10(13)11(9)17-12-15-6-7-16-12/h3-7,14H,2,8H2,1H3. The fourth-order valence-electron chi connectivity index (χ4n) is 1.41. The third-order valence-electron chi connectivity index (χ3n) is 2.21. The number of hydrogen-bond donors (Lipinski definition) is 1. The molecule has 2 aromatic rings. The topological polar surface area (TPSA) is 38.1 Å². The Morgan fingerprint density at radius 3 is 3.06 bits per heavy atom. The van der Waals surface area contributed by atoms with Crippen molar-refractivity contribution in [2.75, 3.05) is 6.54 Å². The molecule has 17 heavy (non-hydrogen) atoms. The predicted molar refractivity (Wildman–Crippen MR) is 64.4 cm³/mol.